The van der Waals surface area contributed by atoms with E-state index in [1.54, 1.807) is 12.1 Å². The van der Waals surface area contributed by atoms with Crippen LogP contribution in [-0.4, -0.2) is 23.2 Å². The number of aromatic carboxylic acids is 1. The third-order valence-corrected chi connectivity index (χ3v) is 2.00. The Bertz CT molecular complexity index is 497. The van der Waals surface area contributed by atoms with Gasteiger partial charge in [-0.05, 0) is 12.1 Å². The highest BCUT2D eigenvalue weighted by molar-refractivity contribution is 6.27. The minimum absolute atomic E-state index is 0.122. The van der Waals surface area contributed by atoms with Crippen LogP contribution in [-0.2, 0) is 0 Å². The van der Waals surface area contributed by atoms with Crippen LogP contribution in [0, 0.1) is 0 Å². The lowest BCUT2D eigenvalue weighted by atomic mass is 10.0. The predicted octanol–water partition coefficient (Wildman–Crippen LogP) is 0.954. The van der Waals surface area contributed by atoms with Gasteiger partial charge in [-0.1, -0.05) is 11.5 Å². The second-order valence-corrected chi connectivity index (χ2v) is 2.79. The van der Waals surface area contributed by atoms with Gasteiger partial charge in [0.2, 0.25) is 0 Å². The topological polar surface area (TPSA) is 72.0 Å². The minimum Gasteiger partial charge on any atom is -0.478 e. The molecule has 14 heavy (non-hydrogen) atoms. The van der Waals surface area contributed by atoms with Crippen molar-refractivity contribution in [3.05, 3.63) is 29.3 Å². The summed E-state index contributed by atoms with van der Waals surface area (Å²) in [7, 11) is 0. The summed E-state index contributed by atoms with van der Waals surface area (Å²) in [5.74, 6) is 0.878. The van der Waals surface area contributed by atoms with Crippen molar-refractivity contribution >= 4 is 29.3 Å². The molecule has 1 aliphatic rings. The molecule has 0 fully saturated rings. The third-order valence-electron chi connectivity index (χ3n) is 2.00. The maximum absolute atomic E-state index is 10.8. The summed E-state index contributed by atoms with van der Waals surface area (Å²) in [6, 6.07) is 4.76. The molecule has 0 aliphatic carbocycles. The summed E-state index contributed by atoms with van der Waals surface area (Å²) < 4.78 is 0. The highest BCUT2D eigenvalue weighted by atomic mass is 16.4. The zero-order valence-corrected chi connectivity index (χ0v) is 7.06. The van der Waals surface area contributed by atoms with E-state index in [0.717, 1.165) is 0 Å². The fourth-order valence-corrected chi connectivity index (χ4v) is 1.39. The molecule has 1 aliphatic heterocycles. The van der Waals surface area contributed by atoms with Gasteiger partial charge in [0, 0.05) is 17.6 Å². The number of rotatable bonds is 1. The molecule has 0 saturated heterocycles. The van der Waals surface area contributed by atoms with Crippen molar-refractivity contribution in [2.45, 2.75) is 0 Å². The van der Waals surface area contributed by atoms with Crippen LogP contribution in [0.3, 0.4) is 0 Å². The number of carboxylic acids is 1. The van der Waals surface area contributed by atoms with E-state index in [4.69, 9.17) is 10.5 Å². The first-order valence-electron chi connectivity index (χ1n) is 3.92. The van der Waals surface area contributed by atoms with Crippen molar-refractivity contribution < 1.29 is 9.90 Å². The quantitative estimate of drug-likeness (QED) is 0.661. The van der Waals surface area contributed by atoms with E-state index >= 15 is 0 Å². The lowest BCUT2D eigenvalue weighted by Gasteiger charge is -2.01. The van der Waals surface area contributed by atoms with Gasteiger partial charge in [0.25, 0.3) is 0 Å². The lowest BCUT2D eigenvalue weighted by Crippen LogP contribution is -2.00. The maximum Gasteiger partial charge on any atom is 0.336 e. The van der Waals surface area contributed by atoms with Gasteiger partial charge in [-0.2, -0.15) is 0 Å². The lowest BCUT2D eigenvalue weighted by molar-refractivity contribution is 0.0696. The van der Waals surface area contributed by atoms with E-state index in [9.17, 15) is 4.79 Å². The molecule has 0 bridgehead atoms. The van der Waals surface area contributed by atoms with Gasteiger partial charge in [-0.25, -0.2) is 4.79 Å². The van der Waals surface area contributed by atoms with E-state index in [2.05, 4.69) is 4.99 Å². The van der Waals surface area contributed by atoms with Crippen LogP contribution < -0.4 is 5.41 Å². The van der Waals surface area contributed by atoms with Crippen LogP contribution >= 0.6 is 0 Å². The maximum atomic E-state index is 10.8. The first-order chi connectivity index (χ1) is 6.74. The molecule has 0 amide bonds. The van der Waals surface area contributed by atoms with Crippen LogP contribution in [0.1, 0.15) is 15.9 Å². The van der Waals surface area contributed by atoms with Crippen molar-refractivity contribution in [2.75, 3.05) is 0 Å². The molecule has 0 unspecified atom stereocenters. The first kappa shape index (κ1) is 8.41. The summed E-state index contributed by atoms with van der Waals surface area (Å²) in [5, 5.41) is 17.6. The Morgan fingerprint density at radius 2 is 2.29 bits per heavy atom. The third kappa shape index (κ3) is 1.06. The summed E-state index contributed by atoms with van der Waals surface area (Å²) in [6.45, 7) is 0. The zero-order valence-electron chi connectivity index (χ0n) is 7.06. The molecule has 2 rings (SSSR count). The molecule has 67 valence electrons. The number of fused-ring (bicyclic) bond motifs is 1. The van der Waals surface area contributed by atoms with Crippen molar-refractivity contribution in [3.63, 3.8) is 0 Å². The number of carbonyl (C=O) groups is 1. The molecule has 1 aromatic carbocycles. The van der Waals surface area contributed by atoms with Gasteiger partial charge in [0.05, 0.1) is 16.8 Å². The fraction of sp³-hybridized carbons (Fsp3) is 0. The van der Waals surface area contributed by atoms with Crippen LogP contribution in [0.15, 0.2) is 23.2 Å². The second-order valence-electron chi connectivity index (χ2n) is 2.79. The Morgan fingerprint density at radius 3 is 2.93 bits per heavy atom. The summed E-state index contributed by atoms with van der Waals surface area (Å²) in [4.78, 5) is 14.8. The molecule has 0 atom stereocenters. The smallest absolute Gasteiger partial charge is 0.336 e. The van der Waals surface area contributed by atoms with Crippen molar-refractivity contribution in [3.8, 4) is 0 Å². The van der Waals surface area contributed by atoms with Crippen molar-refractivity contribution in [2.24, 2.45) is 4.99 Å². The standard InChI is InChI=1S/C10H5N2O2/c11-4-6-5-12-8-3-1-2-7(9(6)8)10(13)14/h1-3,5H,(H,13,14). The van der Waals surface area contributed by atoms with Crippen molar-refractivity contribution in [1.82, 2.24) is 5.41 Å². The number of carboxylic acid groups (broad SMARTS) is 1. The Kier molecular flexibility index (Phi) is 1.77. The zero-order chi connectivity index (χ0) is 10.1. The normalized spacial score (nSPS) is 12.4. The van der Waals surface area contributed by atoms with Crippen LogP contribution in [0.25, 0.3) is 5.57 Å². The molecular formula is C10H5N2O2. The average molecular weight is 185 g/mol. The number of hydrogen-bond acceptors (Lipinski definition) is 2. The highest BCUT2D eigenvalue weighted by Crippen LogP contribution is 2.32. The number of allylic oxidation sites excluding steroid dienone is 1. The molecule has 4 nitrogen and oxygen atoms in total. The molecule has 4 heteroatoms. The van der Waals surface area contributed by atoms with E-state index in [-0.39, 0.29) is 5.56 Å². The molecule has 1 heterocycles. The Hall–Kier alpha value is -2.19. The minimum atomic E-state index is -1.04. The Balaban J connectivity index is 2.76. The largest absolute Gasteiger partial charge is 0.478 e. The van der Waals surface area contributed by atoms with Gasteiger partial charge in [-0.15, -0.1) is 0 Å². The molecule has 0 aromatic heterocycles. The van der Waals surface area contributed by atoms with E-state index in [0.29, 0.717) is 16.8 Å². The first-order valence-corrected chi connectivity index (χ1v) is 3.92. The van der Waals surface area contributed by atoms with Crippen LogP contribution in [0.2, 0.25) is 0 Å². The average Bonchev–Trinajstić information content (AvgIpc) is 2.59. The number of aliphatic imine (C=N–C) groups is 1. The van der Waals surface area contributed by atoms with Crippen LogP contribution in [0.4, 0.5) is 5.69 Å². The monoisotopic (exact) mass is 185 g/mol. The van der Waals surface area contributed by atoms with E-state index in [1.165, 1.54) is 12.3 Å². The molecule has 1 radical (unpaired) electrons. The molecular weight excluding hydrogens is 180 g/mol. The summed E-state index contributed by atoms with van der Waals surface area (Å²) >= 11 is 0. The fourth-order valence-electron chi connectivity index (χ4n) is 1.39. The van der Waals surface area contributed by atoms with E-state index in [1.807, 2.05) is 5.87 Å². The van der Waals surface area contributed by atoms with Gasteiger partial charge < -0.3 is 5.11 Å². The molecule has 1 N–H and O–H groups in total. The second kappa shape index (κ2) is 2.94. The van der Waals surface area contributed by atoms with Crippen molar-refractivity contribution in [1.29, 1.82) is 0 Å². The summed E-state index contributed by atoms with van der Waals surface area (Å²) in [5.41, 5.74) is 1.39. The van der Waals surface area contributed by atoms with Gasteiger partial charge in [0.1, 0.15) is 0 Å². The van der Waals surface area contributed by atoms with Gasteiger partial charge in [-0.3, -0.25) is 4.99 Å². The summed E-state index contributed by atoms with van der Waals surface area (Å²) in [6.07, 6.45) is 1.39. The predicted molar refractivity (Wildman–Crippen MR) is 52.1 cm³/mol. The molecule has 0 spiro atoms. The number of benzene rings is 1. The highest BCUT2D eigenvalue weighted by Gasteiger charge is 2.20. The Morgan fingerprint density at radius 1 is 1.50 bits per heavy atom. The van der Waals surface area contributed by atoms with E-state index < -0.39 is 5.97 Å². The number of hydrogen-bond donors (Lipinski definition) is 1. The number of nitrogens with zero attached hydrogens (tertiary/aromatic N) is 2. The molecule has 0 saturated carbocycles. The van der Waals surface area contributed by atoms with Crippen LogP contribution in [0.5, 0.6) is 0 Å². The molecule has 1 aromatic rings. The SMILES string of the molecule is [N]=C=C1C=Nc2cccc(C(=O)O)c21. The Labute approximate surface area is 79.7 Å². The van der Waals surface area contributed by atoms with Gasteiger partial charge in [0.15, 0.2) is 0 Å². The van der Waals surface area contributed by atoms with Gasteiger partial charge >= 0.3 is 5.97 Å².